The minimum absolute atomic E-state index is 0. The highest BCUT2D eigenvalue weighted by atomic mass is 35.5. The molecule has 0 saturated carbocycles. The average Bonchev–Trinajstić information content (AvgIpc) is 3.10. The Morgan fingerprint density at radius 1 is 1.08 bits per heavy atom. The van der Waals surface area contributed by atoms with Crippen molar-refractivity contribution in [3.05, 3.63) is 71.1 Å². The van der Waals surface area contributed by atoms with Gasteiger partial charge in [-0.25, -0.2) is 16.8 Å². The van der Waals surface area contributed by atoms with E-state index in [-0.39, 0.29) is 65.1 Å². The van der Waals surface area contributed by atoms with E-state index >= 15 is 0 Å². The summed E-state index contributed by atoms with van der Waals surface area (Å²) in [7, 11) is -5.07. The SMILES string of the molecule is CNCc1cc(-c2ccccc2F)n(S(=O)(=O)c2cccc(NS(=O)(=O)N3CC(OC)C3)c2)c1Cl.Cl. The largest absolute Gasteiger partial charge is 0.379 e. The van der Waals surface area contributed by atoms with Gasteiger partial charge in [-0.05, 0) is 43.4 Å². The predicted molar refractivity (Wildman–Crippen MR) is 139 cm³/mol. The first-order valence-corrected chi connectivity index (χ1v) is 13.8. The van der Waals surface area contributed by atoms with Crippen molar-refractivity contribution in [1.82, 2.24) is 13.6 Å². The van der Waals surface area contributed by atoms with Crippen LogP contribution in [0.25, 0.3) is 11.3 Å². The van der Waals surface area contributed by atoms with Crippen molar-refractivity contribution >= 4 is 49.9 Å². The standard InChI is InChI=1S/C22H24ClFN4O5S2.ClH/c1-25-12-15-10-21(19-8-3-4-9-20(19)24)28(22(15)23)34(29,30)18-7-5-6-16(11-18)26-35(31,32)27-13-17(14-27)33-2;/h3-11,17,25-26H,12-14H2,1-2H3;1H. The van der Waals surface area contributed by atoms with E-state index in [0.717, 1.165) is 3.97 Å². The molecule has 36 heavy (non-hydrogen) atoms. The van der Waals surface area contributed by atoms with Gasteiger partial charge in [0.15, 0.2) is 0 Å². The molecule has 1 fully saturated rings. The molecule has 4 rings (SSSR count). The van der Waals surface area contributed by atoms with Crippen molar-refractivity contribution in [2.75, 3.05) is 32.0 Å². The van der Waals surface area contributed by atoms with Crippen LogP contribution in [0.1, 0.15) is 5.56 Å². The fourth-order valence-corrected chi connectivity index (χ4v) is 6.95. The lowest BCUT2D eigenvalue weighted by atomic mass is 10.1. The van der Waals surface area contributed by atoms with Crippen molar-refractivity contribution in [1.29, 1.82) is 0 Å². The lowest BCUT2D eigenvalue weighted by Gasteiger charge is -2.36. The van der Waals surface area contributed by atoms with Gasteiger partial charge in [-0.15, -0.1) is 12.4 Å². The molecular formula is C22H25Cl2FN4O5S2. The predicted octanol–water partition coefficient (Wildman–Crippen LogP) is 3.31. The van der Waals surface area contributed by atoms with Gasteiger partial charge in [0, 0.05) is 37.9 Å². The summed E-state index contributed by atoms with van der Waals surface area (Å²) < 4.78 is 76.8. The molecule has 0 atom stereocenters. The molecule has 1 aliphatic heterocycles. The topological polar surface area (TPSA) is 110 Å². The zero-order chi connectivity index (χ0) is 25.4. The Morgan fingerprint density at radius 2 is 1.78 bits per heavy atom. The smallest absolute Gasteiger partial charge is 0.301 e. The Morgan fingerprint density at radius 3 is 2.42 bits per heavy atom. The van der Waals surface area contributed by atoms with Crippen LogP contribution in [-0.2, 0) is 31.5 Å². The van der Waals surface area contributed by atoms with Gasteiger partial charge in [-0.1, -0.05) is 29.8 Å². The maximum atomic E-state index is 14.6. The Kier molecular flexibility index (Phi) is 8.71. The zero-order valence-corrected chi connectivity index (χ0v) is 22.5. The van der Waals surface area contributed by atoms with Gasteiger partial charge in [-0.3, -0.25) is 4.72 Å². The van der Waals surface area contributed by atoms with E-state index in [9.17, 15) is 21.2 Å². The molecule has 0 radical (unpaired) electrons. The van der Waals surface area contributed by atoms with E-state index in [1.807, 2.05) is 0 Å². The first-order chi connectivity index (χ1) is 16.6. The number of hydrogen-bond acceptors (Lipinski definition) is 6. The third-order valence-electron chi connectivity index (χ3n) is 5.60. The second kappa shape index (κ2) is 11.1. The van der Waals surface area contributed by atoms with Crippen LogP contribution < -0.4 is 10.0 Å². The molecule has 0 spiro atoms. The maximum absolute atomic E-state index is 14.6. The second-order valence-electron chi connectivity index (χ2n) is 7.93. The molecule has 1 aliphatic rings. The van der Waals surface area contributed by atoms with Crippen LogP contribution in [0.15, 0.2) is 59.5 Å². The van der Waals surface area contributed by atoms with Crippen LogP contribution in [-0.4, -0.2) is 58.5 Å². The molecule has 196 valence electrons. The van der Waals surface area contributed by atoms with Crippen molar-refractivity contribution in [3.63, 3.8) is 0 Å². The lowest BCUT2D eigenvalue weighted by Crippen LogP contribution is -2.55. The maximum Gasteiger partial charge on any atom is 0.301 e. The van der Waals surface area contributed by atoms with Gasteiger partial charge in [0.2, 0.25) is 0 Å². The Balaban J connectivity index is 0.00000361. The van der Waals surface area contributed by atoms with Gasteiger partial charge >= 0.3 is 10.2 Å². The quantitative estimate of drug-likeness (QED) is 0.403. The third-order valence-corrected chi connectivity index (χ3v) is 9.29. The van der Waals surface area contributed by atoms with Gasteiger partial charge in [0.1, 0.15) is 11.0 Å². The van der Waals surface area contributed by atoms with Crippen LogP contribution >= 0.6 is 24.0 Å². The van der Waals surface area contributed by atoms with Crippen LogP contribution in [0.3, 0.4) is 0 Å². The van der Waals surface area contributed by atoms with Gasteiger partial charge < -0.3 is 10.1 Å². The number of rotatable bonds is 9. The average molecular weight is 580 g/mol. The number of nitrogens with zero attached hydrogens (tertiary/aromatic N) is 2. The molecule has 1 saturated heterocycles. The van der Waals surface area contributed by atoms with Crippen molar-refractivity contribution < 1.29 is 26.0 Å². The summed E-state index contributed by atoms with van der Waals surface area (Å²) >= 11 is 6.48. The summed E-state index contributed by atoms with van der Waals surface area (Å²) in [5.41, 5.74) is 0.620. The van der Waals surface area contributed by atoms with E-state index in [2.05, 4.69) is 10.0 Å². The fraction of sp³-hybridized carbons (Fsp3) is 0.273. The van der Waals surface area contributed by atoms with Crippen molar-refractivity contribution in [2.45, 2.75) is 17.5 Å². The van der Waals surface area contributed by atoms with Gasteiger partial charge in [0.25, 0.3) is 10.0 Å². The number of hydrogen-bond donors (Lipinski definition) is 2. The highest BCUT2D eigenvalue weighted by Gasteiger charge is 2.36. The summed E-state index contributed by atoms with van der Waals surface area (Å²) in [5.74, 6) is -0.612. The number of ether oxygens (including phenoxy) is 1. The summed E-state index contributed by atoms with van der Waals surface area (Å²) in [5, 5.41) is 2.81. The van der Waals surface area contributed by atoms with E-state index in [1.54, 1.807) is 13.1 Å². The molecule has 1 aromatic heterocycles. The fourth-order valence-electron chi connectivity index (χ4n) is 3.71. The molecular weight excluding hydrogens is 554 g/mol. The van der Waals surface area contributed by atoms with Crippen LogP contribution in [0.2, 0.25) is 5.15 Å². The minimum Gasteiger partial charge on any atom is -0.379 e. The summed E-state index contributed by atoms with van der Waals surface area (Å²) in [4.78, 5) is -0.220. The molecule has 0 bridgehead atoms. The van der Waals surface area contributed by atoms with Crippen molar-refractivity contribution in [2.24, 2.45) is 0 Å². The summed E-state index contributed by atoms with van der Waals surface area (Å²) in [6, 6.07) is 12.6. The van der Waals surface area contributed by atoms with Crippen LogP contribution in [0.5, 0.6) is 0 Å². The Labute approximate surface area is 220 Å². The molecule has 0 unspecified atom stereocenters. The zero-order valence-electron chi connectivity index (χ0n) is 19.3. The highest BCUT2D eigenvalue weighted by Crippen LogP contribution is 2.35. The van der Waals surface area contributed by atoms with Gasteiger partial charge in [0.05, 0.1) is 22.4 Å². The van der Waals surface area contributed by atoms with Crippen LogP contribution in [0.4, 0.5) is 10.1 Å². The summed E-state index contributed by atoms with van der Waals surface area (Å²) in [6.07, 6.45) is -0.183. The first-order valence-electron chi connectivity index (χ1n) is 10.5. The molecule has 3 aromatic rings. The van der Waals surface area contributed by atoms with E-state index < -0.39 is 26.0 Å². The molecule has 0 aliphatic carbocycles. The Hall–Kier alpha value is -2.19. The number of benzene rings is 2. The molecule has 2 heterocycles. The monoisotopic (exact) mass is 578 g/mol. The summed E-state index contributed by atoms with van der Waals surface area (Å²) in [6.45, 7) is 0.646. The number of nitrogens with one attached hydrogen (secondary N) is 2. The first kappa shape index (κ1) is 28.4. The van der Waals surface area contributed by atoms with E-state index in [4.69, 9.17) is 16.3 Å². The molecule has 2 aromatic carbocycles. The number of halogens is 3. The molecule has 2 N–H and O–H groups in total. The van der Waals surface area contributed by atoms with Crippen molar-refractivity contribution in [3.8, 4) is 11.3 Å². The lowest BCUT2D eigenvalue weighted by molar-refractivity contribution is 0.0128. The number of anilines is 1. The molecule has 9 nitrogen and oxygen atoms in total. The number of aromatic nitrogens is 1. The Bertz CT molecular complexity index is 1460. The van der Waals surface area contributed by atoms with Gasteiger partial charge in [-0.2, -0.15) is 12.7 Å². The second-order valence-corrected chi connectivity index (χ2v) is 11.8. The van der Waals surface area contributed by atoms with E-state index in [0.29, 0.717) is 5.56 Å². The number of methoxy groups -OCH3 is 1. The normalized spacial score (nSPS) is 14.8. The highest BCUT2D eigenvalue weighted by molar-refractivity contribution is 7.90. The minimum atomic E-state index is -4.34. The third kappa shape index (κ3) is 5.40. The molecule has 0 amide bonds. The van der Waals surface area contributed by atoms with E-state index in [1.165, 1.54) is 59.9 Å². The van der Waals surface area contributed by atoms with Crippen LogP contribution in [0, 0.1) is 5.82 Å². The molecule has 14 heteroatoms.